The molecule has 0 aromatic heterocycles. The Hall–Kier alpha value is -0.0151. The van der Waals surface area contributed by atoms with Gasteiger partial charge in [0.2, 0.25) is 0 Å². The van der Waals surface area contributed by atoms with Crippen LogP contribution in [0.25, 0.3) is 0 Å². The average molecular weight is 197 g/mol. The summed E-state index contributed by atoms with van der Waals surface area (Å²) < 4.78 is 5.53. The van der Waals surface area contributed by atoms with Gasteiger partial charge in [-0.05, 0) is 24.7 Å². The van der Waals surface area contributed by atoms with Gasteiger partial charge in [0, 0.05) is 13.2 Å². The predicted octanol–water partition coefficient (Wildman–Crippen LogP) is 2.06. The van der Waals surface area contributed by atoms with E-state index in [1.165, 1.54) is 25.7 Å². The van der Waals surface area contributed by atoms with E-state index in [-0.39, 0.29) is 5.94 Å². The van der Waals surface area contributed by atoms with Gasteiger partial charge in [-0.15, -0.1) is 0 Å². The first-order chi connectivity index (χ1) is 6.70. The first kappa shape index (κ1) is 14.0. The van der Waals surface area contributed by atoms with Crippen molar-refractivity contribution in [3.8, 4) is 0 Å². The highest BCUT2D eigenvalue weighted by Gasteiger charge is 2.05. The smallest absolute Gasteiger partial charge is 0.0904 e. The predicted molar refractivity (Wildman–Crippen MR) is 62.5 cm³/mol. The first-order valence-corrected chi connectivity index (χ1v) is 5.79. The molecule has 0 rings (SSSR count). The van der Waals surface area contributed by atoms with E-state index in [1.54, 1.807) is 0 Å². The Labute approximate surface area is 90.0 Å². The molecule has 0 amide bonds. The number of rotatable bonds is 9. The lowest BCUT2D eigenvalue weighted by molar-refractivity contribution is 0.0919. The highest BCUT2D eigenvalue weighted by atomic mass is 16.5. The summed E-state index contributed by atoms with van der Waals surface area (Å²) in [6.45, 7) is 6.00. The summed E-state index contributed by atoms with van der Waals surface area (Å²) in [7, 11) is 5.42. The van der Waals surface area contributed by atoms with Crippen molar-refractivity contribution in [2.45, 2.75) is 51.9 Å². The van der Waals surface area contributed by atoms with Crippen LogP contribution in [0.1, 0.15) is 46.0 Å². The number of ether oxygens (including phenoxy) is 1. The maximum atomic E-state index is 5.53. The number of unbranched alkanes of at least 4 members (excludes halogenated alkanes) is 1. The zero-order valence-electron chi connectivity index (χ0n) is 9.67. The van der Waals surface area contributed by atoms with Gasteiger partial charge in [0.15, 0.2) is 0 Å². The van der Waals surface area contributed by atoms with E-state index in [4.69, 9.17) is 18.3 Å². The lowest BCUT2D eigenvalue weighted by Crippen LogP contribution is -2.22. The molecule has 0 aromatic carbocycles. The molecule has 0 heterocycles. The second kappa shape index (κ2) is 9.54. The summed E-state index contributed by atoms with van der Waals surface area (Å²) in [5.41, 5.74) is 5.42. The average Bonchev–Trinajstić information content (AvgIpc) is 2.16. The van der Waals surface area contributed by atoms with Gasteiger partial charge in [-0.2, -0.15) is 0 Å². The monoisotopic (exact) mass is 197 g/mol. The van der Waals surface area contributed by atoms with Crippen LogP contribution in [-0.2, 0) is 4.74 Å². The number of nitrogens with two attached hydrogens (primary N) is 1. The Bertz CT molecular complexity index is 120. The zero-order chi connectivity index (χ0) is 10.8. The Kier molecular flexibility index (Phi) is 9.53. The van der Waals surface area contributed by atoms with Crippen LogP contribution in [-0.4, -0.2) is 27.0 Å². The lowest BCUT2D eigenvalue weighted by atomic mass is 9.95. The maximum Gasteiger partial charge on any atom is 0.0904 e. The molecule has 3 heteroatoms. The van der Waals surface area contributed by atoms with Crippen molar-refractivity contribution in [1.29, 1.82) is 0 Å². The van der Waals surface area contributed by atoms with Crippen LogP contribution in [0.2, 0.25) is 0 Å². The SMILES string of the molecule is [B]C(N)CCOCC(CC)CCCC. The fourth-order valence-electron chi connectivity index (χ4n) is 1.37. The standard InChI is InChI=1S/C11H24BNO/c1-3-5-6-10(4-2)9-14-8-7-11(12)13/h10-11H,3-9,13H2,1-2H3. The van der Waals surface area contributed by atoms with E-state index >= 15 is 0 Å². The molecule has 14 heavy (non-hydrogen) atoms. The zero-order valence-corrected chi connectivity index (χ0v) is 9.67. The minimum atomic E-state index is -0.231. The Balaban J connectivity index is 3.33. The maximum absolute atomic E-state index is 5.53. The minimum Gasteiger partial charge on any atom is -0.381 e. The van der Waals surface area contributed by atoms with Crippen molar-refractivity contribution in [3.05, 3.63) is 0 Å². The van der Waals surface area contributed by atoms with Gasteiger partial charge in [-0.25, -0.2) is 0 Å². The van der Waals surface area contributed by atoms with Crippen molar-refractivity contribution in [2.75, 3.05) is 13.2 Å². The second-order valence-corrected chi connectivity index (χ2v) is 3.94. The fourth-order valence-corrected chi connectivity index (χ4v) is 1.37. The molecule has 0 bridgehead atoms. The van der Waals surface area contributed by atoms with E-state index in [0.717, 1.165) is 13.0 Å². The molecule has 2 unspecified atom stereocenters. The molecule has 0 aromatic rings. The first-order valence-electron chi connectivity index (χ1n) is 5.79. The van der Waals surface area contributed by atoms with Crippen LogP contribution in [0.15, 0.2) is 0 Å². The topological polar surface area (TPSA) is 35.2 Å². The Morgan fingerprint density at radius 3 is 2.50 bits per heavy atom. The van der Waals surface area contributed by atoms with Crippen LogP contribution in [0.3, 0.4) is 0 Å². The summed E-state index contributed by atoms with van der Waals surface area (Å²) in [6.07, 6.45) is 5.81. The van der Waals surface area contributed by atoms with E-state index in [9.17, 15) is 0 Å². The molecule has 2 nitrogen and oxygen atoms in total. The van der Waals surface area contributed by atoms with Gasteiger partial charge in [0.1, 0.15) is 0 Å². The van der Waals surface area contributed by atoms with Gasteiger partial charge in [-0.1, -0.05) is 33.1 Å². The summed E-state index contributed by atoms with van der Waals surface area (Å²) in [6, 6.07) is 0. The third kappa shape index (κ3) is 8.58. The van der Waals surface area contributed by atoms with Crippen molar-refractivity contribution in [2.24, 2.45) is 11.7 Å². The van der Waals surface area contributed by atoms with Crippen LogP contribution in [0.5, 0.6) is 0 Å². The van der Waals surface area contributed by atoms with Crippen molar-refractivity contribution in [1.82, 2.24) is 0 Å². The lowest BCUT2D eigenvalue weighted by Gasteiger charge is -2.15. The molecule has 2 atom stereocenters. The van der Waals surface area contributed by atoms with Crippen molar-refractivity contribution >= 4 is 7.85 Å². The summed E-state index contributed by atoms with van der Waals surface area (Å²) >= 11 is 0. The van der Waals surface area contributed by atoms with Gasteiger partial charge in [0.05, 0.1) is 7.85 Å². The van der Waals surface area contributed by atoms with E-state index in [1.807, 2.05) is 0 Å². The molecule has 0 aliphatic rings. The summed E-state index contributed by atoms with van der Waals surface area (Å²) in [5.74, 6) is 0.481. The molecular weight excluding hydrogens is 173 g/mol. The highest BCUT2D eigenvalue weighted by molar-refractivity contribution is 6.11. The van der Waals surface area contributed by atoms with Gasteiger partial charge < -0.3 is 10.5 Å². The van der Waals surface area contributed by atoms with Gasteiger partial charge in [-0.3, -0.25) is 0 Å². The Morgan fingerprint density at radius 2 is 2.00 bits per heavy atom. The largest absolute Gasteiger partial charge is 0.381 e. The summed E-state index contributed by atoms with van der Waals surface area (Å²) in [5, 5.41) is 0. The number of hydrogen-bond acceptors (Lipinski definition) is 2. The Morgan fingerprint density at radius 1 is 1.29 bits per heavy atom. The van der Waals surface area contributed by atoms with Crippen LogP contribution >= 0.6 is 0 Å². The van der Waals surface area contributed by atoms with Crippen molar-refractivity contribution < 1.29 is 4.74 Å². The summed E-state index contributed by atoms with van der Waals surface area (Å²) in [4.78, 5) is 0. The third-order valence-corrected chi connectivity index (χ3v) is 2.49. The van der Waals surface area contributed by atoms with E-state index < -0.39 is 0 Å². The molecular formula is C11H24BNO. The van der Waals surface area contributed by atoms with Gasteiger partial charge in [0.25, 0.3) is 0 Å². The molecule has 2 N–H and O–H groups in total. The molecule has 0 aliphatic heterocycles. The molecule has 0 aliphatic carbocycles. The molecule has 0 spiro atoms. The molecule has 0 fully saturated rings. The van der Waals surface area contributed by atoms with E-state index in [2.05, 4.69) is 13.8 Å². The van der Waals surface area contributed by atoms with Crippen LogP contribution < -0.4 is 5.73 Å². The van der Waals surface area contributed by atoms with Crippen molar-refractivity contribution in [3.63, 3.8) is 0 Å². The fraction of sp³-hybridized carbons (Fsp3) is 1.00. The minimum absolute atomic E-state index is 0.231. The third-order valence-electron chi connectivity index (χ3n) is 2.49. The molecule has 2 radical (unpaired) electrons. The molecule has 82 valence electrons. The highest BCUT2D eigenvalue weighted by Crippen LogP contribution is 2.12. The van der Waals surface area contributed by atoms with E-state index in [0.29, 0.717) is 12.5 Å². The number of hydrogen-bond donors (Lipinski definition) is 1. The van der Waals surface area contributed by atoms with Gasteiger partial charge >= 0.3 is 0 Å². The molecule has 0 saturated heterocycles. The quantitative estimate of drug-likeness (QED) is 0.453. The normalized spacial score (nSPS) is 15.4. The molecule has 0 saturated carbocycles. The second-order valence-electron chi connectivity index (χ2n) is 3.94. The van der Waals surface area contributed by atoms with Crippen LogP contribution in [0, 0.1) is 5.92 Å². The van der Waals surface area contributed by atoms with Crippen LogP contribution in [0.4, 0.5) is 0 Å².